The number of amides is 1. The number of aromatic carboxylic acids is 1. The van der Waals surface area contributed by atoms with Crippen LogP contribution in [0.2, 0.25) is 10.0 Å². The molecule has 9 nitrogen and oxygen atoms in total. The molecule has 0 aliphatic heterocycles. The van der Waals surface area contributed by atoms with Gasteiger partial charge >= 0.3 is 5.97 Å². The van der Waals surface area contributed by atoms with Gasteiger partial charge in [0.05, 0.1) is 27.0 Å². The second-order valence-electron chi connectivity index (χ2n) is 7.69. The maximum absolute atomic E-state index is 14.8. The van der Waals surface area contributed by atoms with Crippen LogP contribution in [0.1, 0.15) is 27.5 Å². The highest BCUT2D eigenvalue weighted by Gasteiger charge is 2.21. The average Bonchev–Trinajstić information content (AvgIpc) is 3.43. The van der Waals surface area contributed by atoms with E-state index in [1.54, 1.807) is 36.4 Å². The summed E-state index contributed by atoms with van der Waals surface area (Å²) in [6.07, 6.45) is 4.51. The molecule has 0 saturated heterocycles. The number of halogens is 3. The number of rotatable bonds is 9. The largest absolute Gasteiger partial charge is 0.478 e. The van der Waals surface area contributed by atoms with Crippen LogP contribution in [0.5, 0.6) is 0 Å². The van der Waals surface area contributed by atoms with Crippen molar-refractivity contribution in [2.24, 2.45) is 0 Å². The number of nitrogens with one attached hydrogen (secondary N) is 2. The summed E-state index contributed by atoms with van der Waals surface area (Å²) >= 11 is 12.1. The summed E-state index contributed by atoms with van der Waals surface area (Å²) in [5, 5.41) is 26.3. The lowest BCUT2D eigenvalue weighted by atomic mass is 10.1. The lowest BCUT2D eigenvalue weighted by Gasteiger charge is -2.18. The molecule has 1 aromatic heterocycles. The third-order valence-electron chi connectivity index (χ3n) is 5.31. The summed E-state index contributed by atoms with van der Waals surface area (Å²) < 4.78 is 14.8. The first-order valence-corrected chi connectivity index (χ1v) is 11.6. The molecule has 4 aromatic rings. The highest BCUT2D eigenvalue weighted by atomic mass is 35.5. The number of carbonyl (C=O) groups excluding carboxylic acids is 1. The number of hydrogen-bond acceptors (Lipinski definition) is 6. The summed E-state index contributed by atoms with van der Waals surface area (Å²) in [6.45, 7) is 0. The van der Waals surface area contributed by atoms with Gasteiger partial charge in [-0.25, -0.2) is 9.18 Å². The van der Waals surface area contributed by atoms with Gasteiger partial charge < -0.3 is 15.7 Å². The lowest BCUT2D eigenvalue weighted by Crippen LogP contribution is -2.30. The van der Waals surface area contributed by atoms with Crippen LogP contribution in [0.25, 0.3) is 5.69 Å². The van der Waals surface area contributed by atoms with Crippen LogP contribution in [-0.2, 0) is 11.2 Å². The van der Waals surface area contributed by atoms with Gasteiger partial charge in [0.1, 0.15) is 11.9 Å². The Morgan fingerprint density at radius 1 is 1.08 bits per heavy atom. The van der Waals surface area contributed by atoms with E-state index in [2.05, 4.69) is 26.0 Å². The summed E-state index contributed by atoms with van der Waals surface area (Å²) in [5.41, 5.74) is 1.53. The van der Waals surface area contributed by atoms with Crippen molar-refractivity contribution in [2.45, 2.75) is 12.5 Å². The van der Waals surface area contributed by atoms with E-state index in [0.717, 1.165) is 0 Å². The third kappa shape index (κ3) is 6.11. The quantitative estimate of drug-likeness (QED) is 0.278. The van der Waals surface area contributed by atoms with E-state index in [1.807, 2.05) is 6.07 Å². The zero-order valence-electron chi connectivity index (χ0n) is 19.0. The first-order valence-electron chi connectivity index (χ1n) is 10.8. The molecule has 0 bridgehead atoms. The number of nitrogens with zero attached hydrogens (tertiary/aromatic N) is 4. The molecule has 0 spiro atoms. The molecule has 1 atom stereocenters. The Labute approximate surface area is 220 Å². The fourth-order valence-electron chi connectivity index (χ4n) is 3.51. The maximum Gasteiger partial charge on any atom is 0.335 e. The Morgan fingerprint density at radius 2 is 1.86 bits per heavy atom. The van der Waals surface area contributed by atoms with Gasteiger partial charge in [-0.1, -0.05) is 59.6 Å². The van der Waals surface area contributed by atoms with Crippen molar-refractivity contribution in [3.63, 3.8) is 0 Å². The van der Waals surface area contributed by atoms with Crippen molar-refractivity contribution in [2.75, 3.05) is 5.32 Å². The maximum atomic E-state index is 14.8. The van der Waals surface area contributed by atoms with Gasteiger partial charge in [0.15, 0.2) is 6.33 Å². The minimum absolute atomic E-state index is 0.00243. The molecule has 0 aliphatic carbocycles. The minimum atomic E-state index is -1.13. The van der Waals surface area contributed by atoms with Crippen molar-refractivity contribution < 1.29 is 19.1 Å². The molecule has 1 heterocycles. The van der Waals surface area contributed by atoms with Gasteiger partial charge in [-0.15, -0.1) is 15.0 Å². The molecule has 37 heavy (non-hydrogen) atoms. The van der Waals surface area contributed by atoms with Crippen LogP contribution in [0, 0.1) is 5.82 Å². The first kappa shape index (κ1) is 25.8. The number of aromatic nitrogens is 4. The van der Waals surface area contributed by atoms with Crippen LogP contribution >= 0.6 is 23.2 Å². The lowest BCUT2D eigenvalue weighted by molar-refractivity contribution is -0.118. The predicted octanol–water partition coefficient (Wildman–Crippen LogP) is 4.83. The molecule has 0 radical (unpaired) electrons. The second-order valence-corrected chi connectivity index (χ2v) is 8.50. The molecule has 0 saturated carbocycles. The number of allylic oxidation sites excluding steroid dienone is 1. The topological polar surface area (TPSA) is 122 Å². The van der Waals surface area contributed by atoms with Gasteiger partial charge in [-0.05, 0) is 53.7 Å². The Balaban J connectivity index is 1.54. The van der Waals surface area contributed by atoms with Gasteiger partial charge in [-0.2, -0.15) is 0 Å². The summed E-state index contributed by atoms with van der Waals surface area (Å²) in [4.78, 5) is 25.5. The number of carboxylic acids is 1. The Kier molecular flexibility index (Phi) is 8.11. The van der Waals surface area contributed by atoms with Crippen LogP contribution in [0.15, 0.2) is 79.3 Å². The van der Waals surface area contributed by atoms with Crippen LogP contribution in [0.4, 0.5) is 10.1 Å². The molecule has 4 rings (SSSR count). The van der Waals surface area contributed by atoms with Gasteiger partial charge in [0.2, 0.25) is 0 Å². The molecule has 1 unspecified atom stereocenters. The number of carboxylic acid groups (broad SMARTS) is 1. The number of benzene rings is 3. The monoisotopic (exact) mass is 540 g/mol. The Morgan fingerprint density at radius 3 is 2.54 bits per heavy atom. The number of anilines is 1. The smallest absolute Gasteiger partial charge is 0.335 e. The second kappa shape index (κ2) is 11.6. The van der Waals surface area contributed by atoms with Gasteiger partial charge in [0, 0.05) is 5.56 Å². The molecule has 3 N–H and O–H groups in total. The molecule has 12 heteroatoms. The number of tetrazole rings is 1. The van der Waals surface area contributed by atoms with Crippen molar-refractivity contribution in [3.8, 4) is 5.69 Å². The van der Waals surface area contributed by atoms with E-state index < -0.39 is 23.7 Å². The summed E-state index contributed by atoms with van der Waals surface area (Å²) in [7, 11) is 0. The summed E-state index contributed by atoms with van der Waals surface area (Å²) in [6, 6.07) is 15.1. The molecule has 0 fully saturated rings. The Bertz CT molecular complexity index is 1450. The number of hydrogen-bond donors (Lipinski definition) is 3. The molecule has 3 aromatic carbocycles. The van der Waals surface area contributed by atoms with Crippen LogP contribution < -0.4 is 10.6 Å². The van der Waals surface area contributed by atoms with Crippen molar-refractivity contribution in [1.29, 1.82) is 0 Å². The van der Waals surface area contributed by atoms with Gasteiger partial charge in [-0.3, -0.25) is 4.79 Å². The fraction of sp³-hybridized carbons (Fsp3) is 0.0800. The minimum Gasteiger partial charge on any atom is -0.478 e. The number of carbonyl (C=O) groups is 2. The molecule has 188 valence electrons. The molecular formula is C25H19Cl2FN6O3. The van der Waals surface area contributed by atoms with E-state index in [0.29, 0.717) is 11.3 Å². The average molecular weight is 541 g/mol. The molecular weight excluding hydrogens is 522 g/mol. The molecule has 1 amide bonds. The van der Waals surface area contributed by atoms with E-state index in [4.69, 9.17) is 28.3 Å². The zero-order valence-corrected chi connectivity index (χ0v) is 20.5. The standard InChI is InChI=1S/C25H19Cl2FN6O3/c26-18-9-11-21(34-31-14-30-33-34)17(22(18)28)7-4-12-29-23(15-5-2-1-3-6-15)24(35)32-20-10-8-16(25(36)37)13-19(20)27/h1-6,8-14,23,29H,7H2,(H,32,35)(H,36,37). The first-order chi connectivity index (χ1) is 17.8. The predicted molar refractivity (Wildman–Crippen MR) is 136 cm³/mol. The van der Waals surface area contributed by atoms with E-state index in [1.165, 1.54) is 41.6 Å². The van der Waals surface area contributed by atoms with Crippen molar-refractivity contribution >= 4 is 40.8 Å². The highest BCUT2D eigenvalue weighted by molar-refractivity contribution is 6.34. The van der Waals surface area contributed by atoms with Crippen LogP contribution in [0.3, 0.4) is 0 Å². The van der Waals surface area contributed by atoms with Crippen molar-refractivity contribution in [3.05, 3.63) is 112 Å². The van der Waals surface area contributed by atoms with E-state index >= 15 is 0 Å². The van der Waals surface area contributed by atoms with Crippen molar-refractivity contribution in [1.82, 2.24) is 25.5 Å². The van der Waals surface area contributed by atoms with E-state index in [-0.39, 0.29) is 33.3 Å². The zero-order chi connectivity index (χ0) is 26.4. The fourth-order valence-corrected chi connectivity index (χ4v) is 3.91. The SMILES string of the molecule is O=C(O)c1ccc(NC(=O)C(NC=CCc2c(-n3ncnn3)ccc(Cl)c2F)c2ccccc2)c(Cl)c1. The summed E-state index contributed by atoms with van der Waals surface area (Å²) in [5.74, 6) is -2.19. The van der Waals surface area contributed by atoms with Crippen LogP contribution in [-0.4, -0.2) is 37.2 Å². The van der Waals surface area contributed by atoms with Gasteiger partial charge in [0.25, 0.3) is 5.91 Å². The Hall–Kier alpha value is -4.28. The normalized spacial score (nSPS) is 11.9. The molecule has 0 aliphatic rings. The van der Waals surface area contributed by atoms with E-state index in [9.17, 15) is 14.0 Å². The third-order valence-corrected chi connectivity index (χ3v) is 5.91. The highest BCUT2D eigenvalue weighted by Crippen LogP contribution is 2.26.